The second kappa shape index (κ2) is 40.7. The maximum absolute atomic E-state index is 12.5. The van der Waals surface area contributed by atoms with Gasteiger partial charge in [-0.15, -0.1) is 0 Å². The summed E-state index contributed by atoms with van der Waals surface area (Å²) in [6, 6.07) is 0. The van der Waals surface area contributed by atoms with Crippen molar-refractivity contribution in [2.75, 3.05) is 19.8 Å². The van der Waals surface area contributed by atoms with E-state index in [4.69, 9.17) is 18.5 Å². The minimum absolute atomic E-state index is 0.00687. The lowest BCUT2D eigenvalue weighted by atomic mass is 10.1. The van der Waals surface area contributed by atoms with E-state index in [1.165, 1.54) is 103 Å². The van der Waals surface area contributed by atoms with E-state index in [9.17, 15) is 19.0 Å². The minimum Gasteiger partial charge on any atom is -0.462 e. The Morgan fingerprint density at radius 3 is 1.46 bits per heavy atom. The predicted molar refractivity (Wildman–Crippen MR) is 225 cm³/mol. The number of carbonyl (C=O) groups is 2. The summed E-state index contributed by atoms with van der Waals surface area (Å²) in [4.78, 5) is 34.7. The van der Waals surface area contributed by atoms with Crippen LogP contribution in [0.2, 0.25) is 0 Å². The predicted octanol–water partition coefficient (Wildman–Crippen LogP) is 13.8. The topological polar surface area (TPSA) is 108 Å². The van der Waals surface area contributed by atoms with Gasteiger partial charge in [-0.05, 0) is 77.6 Å². The first-order valence-electron chi connectivity index (χ1n) is 21.9. The molecule has 0 radical (unpaired) electrons. The molecule has 0 aromatic carbocycles. The number of allylic oxidation sites excluding steroid dienone is 8. The van der Waals surface area contributed by atoms with Gasteiger partial charge >= 0.3 is 19.8 Å². The summed E-state index contributed by atoms with van der Waals surface area (Å²) in [7, 11) is -4.29. The minimum atomic E-state index is -4.29. The SMILES string of the molecule is CC/C=C\C/C=C\C/C=C\CCCCCC(=O)OC(COC(=O)CCCCCCCCCCC/C=C\CCCCCCCCCC)COP(=O)(O)OCC. The number of esters is 2. The lowest BCUT2D eigenvalue weighted by Crippen LogP contribution is -2.29. The van der Waals surface area contributed by atoms with Gasteiger partial charge in [0.2, 0.25) is 0 Å². The van der Waals surface area contributed by atoms with Gasteiger partial charge in [0.15, 0.2) is 6.10 Å². The molecular weight excluding hydrogens is 699 g/mol. The molecule has 0 amide bonds. The maximum atomic E-state index is 12.5. The largest absolute Gasteiger partial charge is 0.472 e. The highest BCUT2D eigenvalue weighted by Gasteiger charge is 2.25. The van der Waals surface area contributed by atoms with Crippen molar-refractivity contribution in [2.24, 2.45) is 0 Å². The third-order valence-corrected chi connectivity index (χ3v) is 10.2. The summed E-state index contributed by atoms with van der Waals surface area (Å²) in [5.41, 5.74) is 0. The maximum Gasteiger partial charge on any atom is 0.472 e. The van der Waals surface area contributed by atoms with Gasteiger partial charge in [0.05, 0.1) is 13.2 Å². The van der Waals surface area contributed by atoms with Gasteiger partial charge in [-0.1, -0.05) is 159 Å². The number of hydrogen-bond acceptors (Lipinski definition) is 7. The zero-order chi connectivity index (χ0) is 39.6. The molecule has 54 heavy (non-hydrogen) atoms. The van der Waals surface area contributed by atoms with Gasteiger partial charge in [0, 0.05) is 12.8 Å². The van der Waals surface area contributed by atoms with E-state index in [2.05, 4.69) is 62.5 Å². The molecule has 0 aliphatic rings. The molecular formula is C45H81O8P. The Bertz CT molecular complexity index is 1020. The van der Waals surface area contributed by atoms with Gasteiger partial charge in [-0.3, -0.25) is 18.6 Å². The molecule has 8 nitrogen and oxygen atoms in total. The van der Waals surface area contributed by atoms with Gasteiger partial charge in [0.1, 0.15) is 6.61 Å². The average molecular weight is 781 g/mol. The summed E-state index contributed by atoms with van der Waals surface area (Å²) < 4.78 is 32.6. The normalized spacial score (nSPS) is 13.8. The molecule has 0 heterocycles. The second-order valence-electron chi connectivity index (χ2n) is 14.3. The standard InChI is InChI=1S/C45H81O8P/c1-4-7-9-11-13-15-17-19-20-21-22-23-24-25-26-28-29-31-33-35-37-39-44(46)50-41-43(42-52-54(48,49)51-6-3)53-45(47)40-38-36-34-32-30-27-18-16-14-12-10-8-5-2/h8,10,14,16,21-22,27,30,43H,4-7,9,11-13,15,17-20,23-26,28-29,31-42H2,1-3H3,(H,48,49)/b10-8-,16-14-,22-21-,30-27-. The number of hydrogen-bond donors (Lipinski definition) is 1. The Kier molecular flexibility index (Phi) is 39.2. The summed E-state index contributed by atoms with van der Waals surface area (Å²) in [5, 5.41) is 0. The molecule has 0 rings (SSSR count). The van der Waals surface area contributed by atoms with Crippen LogP contribution >= 0.6 is 7.82 Å². The highest BCUT2D eigenvalue weighted by Crippen LogP contribution is 2.43. The Labute approximate surface area is 331 Å². The van der Waals surface area contributed by atoms with Crippen molar-refractivity contribution in [2.45, 2.75) is 207 Å². The van der Waals surface area contributed by atoms with Gasteiger partial charge in [-0.25, -0.2) is 4.57 Å². The number of phosphoric ester groups is 1. The van der Waals surface area contributed by atoms with Crippen LogP contribution in [0.4, 0.5) is 0 Å². The monoisotopic (exact) mass is 781 g/mol. The number of ether oxygens (including phenoxy) is 2. The molecule has 0 spiro atoms. The number of carbonyl (C=O) groups excluding carboxylic acids is 2. The van der Waals surface area contributed by atoms with E-state index in [-0.39, 0.29) is 32.0 Å². The van der Waals surface area contributed by atoms with Gasteiger partial charge in [-0.2, -0.15) is 0 Å². The van der Waals surface area contributed by atoms with E-state index in [0.717, 1.165) is 57.8 Å². The van der Waals surface area contributed by atoms with Crippen molar-refractivity contribution in [1.82, 2.24) is 0 Å². The molecule has 1 N–H and O–H groups in total. The molecule has 314 valence electrons. The van der Waals surface area contributed by atoms with Crippen LogP contribution in [0.3, 0.4) is 0 Å². The number of unbranched alkanes of at least 4 members (excludes halogenated alkanes) is 20. The number of phosphoric acid groups is 1. The van der Waals surface area contributed by atoms with Crippen LogP contribution in [-0.2, 0) is 32.7 Å². The van der Waals surface area contributed by atoms with Crippen molar-refractivity contribution in [3.8, 4) is 0 Å². The molecule has 0 aliphatic carbocycles. The molecule has 0 aliphatic heterocycles. The molecule has 0 fully saturated rings. The van der Waals surface area contributed by atoms with Crippen LogP contribution in [0.5, 0.6) is 0 Å². The fraction of sp³-hybridized carbons (Fsp3) is 0.778. The Morgan fingerprint density at radius 1 is 0.519 bits per heavy atom. The zero-order valence-corrected chi connectivity index (χ0v) is 35.8. The summed E-state index contributed by atoms with van der Waals surface area (Å²) >= 11 is 0. The van der Waals surface area contributed by atoms with Crippen molar-refractivity contribution in [3.05, 3.63) is 48.6 Å². The van der Waals surface area contributed by atoms with Gasteiger partial charge < -0.3 is 14.4 Å². The first-order chi connectivity index (χ1) is 26.3. The molecule has 2 unspecified atom stereocenters. The first-order valence-corrected chi connectivity index (χ1v) is 23.4. The highest BCUT2D eigenvalue weighted by molar-refractivity contribution is 7.47. The molecule has 0 bridgehead atoms. The Morgan fingerprint density at radius 2 is 0.944 bits per heavy atom. The average Bonchev–Trinajstić information content (AvgIpc) is 3.15. The van der Waals surface area contributed by atoms with Crippen LogP contribution < -0.4 is 0 Å². The molecule has 2 atom stereocenters. The lowest BCUT2D eigenvalue weighted by molar-refractivity contribution is -0.161. The first kappa shape index (κ1) is 52.0. The smallest absolute Gasteiger partial charge is 0.462 e. The fourth-order valence-electron chi connectivity index (χ4n) is 5.93. The molecule has 0 saturated heterocycles. The van der Waals surface area contributed by atoms with E-state index < -0.39 is 26.5 Å². The fourth-order valence-corrected chi connectivity index (χ4v) is 6.69. The third-order valence-electron chi connectivity index (χ3n) is 9.12. The van der Waals surface area contributed by atoms with Crippen molar-refractivity contribution < 1.29 is 37.6 Å². The van der Waals surface area contributed by atoms with Crippen LogP contribution in [0, 0.1) is 0 Å². The van der Waals surface area contributed by atoms with Crippen LogP contribution in [-0.4, -0.2) is 42.8 Å². The Hall–Kier alpha value is -1.99. The number of rotatable bonds is 40. The van der Waals surface area contributed by atoms with Crippen molar-refractivity contribution >= 4 is 19.8 Å². The van der Waals surface area contributed by atoms with Crippen LogP contribution in [0.1, 0.15) is 201 Å². The van der Waals surface area contributed by atoms with E-state index >= 15 is 0 Å². The summed E-state index contributed by atoms with van der Waals surface area (Å²) in [6.07, 6.45) is 47.5. The van der Waals surface area contributed by atoms with Gasteiger partial charge in [0.25, 0.3) is 0 Å². The zero-order valence-electron chi connectivity index (χ0n) is 34.9. The highest BCUT2D eigenvalue weighted by atomic mass is 31.2. The quantitative estimate of drug-likeness (QED) is 0.0283. The summed E-state index contributed by atoms with van der Waals surface area (Å²) in [5.74, 6) is -0.834. The van der Waals surface area contributed by atoms with E-state index in [0.29, 0.717) is 6.42 Å². The van der Waals surface area contributed by atoms with Crippen molar-refractivity contribution in [1.29, 1.82) is 0 Å². The molecule has 9 heteroatoms. The molecule has 0 aromatic heterocycles. The Balaban J connectivity index is 4.05. The lowest BCUT2D eigenvalue weighted by Gasteiger charge is -2.19. The molecule has 0 aromatic rings. The summed E-state index contributed by atoms with van der Waals surface area (Å²) in [6.45, 7) is 5.32. The van der Waals surface area contributed by atoms with E-state index in [1.54, 1.807) is 6.92 Å². The van der Waals surface area contributed by atoms with Crippen LogP contribution in [0.25, 0.3) is 0 Å². The third kappa shape index (κ3) is 39.7. The van der Waals surface area contributed by atoms with Crippen molar-refractivity contribution in [3.63, 3.8) is 0 Å². The molecule has 0 saturated carbocycles. The van der Waals surface area contributed by atoms with Crippen LogP contribution in [0.15, 0.2) is 48.6 Å². The second-order valence-corrected chi connectivity index (χ2v) is 15.8. The van der Waals surface area contributed by atoms with E-state index in [1.807, 2.05) is 0 Å².